The molecule has 136 valence electrons. The number of halogens is 1. The number of carbonyl (C=O) groups excluding carboxylic acids is 2. The highest BCUT2D eigenvalue weighted by Crippen LogP contribution is 2.48. The summed E-state index contributed by atoms with van der Waals surface area (Å²) in [6, 6.07) is 13.3. The normalized spacial score (nSPS) is 18.1. The van der Waals surface area contributed by atoms with Gasteiger partial charge in [0.1, 0.15) is 5.82 Å². The lowest BCUT2D eigenvalue weighted by Gasteiger charge is -2.07. The summed E-state index contributed by atoms with van der Waals surface area (Å²) >= 11 is 0. The fourth-order valence-corrected chi connectivity index (χ4v) is 3.26. The topological polar surface area (TPSA) is 64.0 Å². The monoisotopic (exact) mass is 363 g/mol. The molecule has 4 rings (SSSR count). The Balaban J connectivity index is 1.41. The van der Waals surface area contributed by atoms with E-state index in [4.69, 9.17) is 0 Å². The number of aromatic nitrogens is 2. The number of imidazole rings is 1. The molecular formula is C21H18FN3O2. The molecule has 0 radical (unpaired) electrons. The van der Waals surface area contributed by atoms with E-state index >= 15 is 0 Å². The average molecular weight is 363 g/mol. The summed E-state index contributed by atoms with van der Waals surface area (Å²) in [7, 11) is 1.76. The van der Waals surface area contributed by atoms with E-state index in [1.807, 2.05) is 0 Å². The van der Waals surface area contributed by atoms with Crippen molar-refractivity contribution in [2.24, 2.45) is 13.0 Å². The number of hydrogen-bond donors (Lipinski definition) is 1. The second-order valence-electron chi connectivity index (χ2n) is 6.73. The van der Waals surface area contributed by atoms with Crippen LogP contribution >= 0.6 is 0 Å². The summed E-state index contributed by atoms with van der Waals surface area (Å²) in [6.45, 7) is 0. The van der Waals surface area contributed by atoms with Gasteiger partial charge in [-0.3, -0.25) is 9.59 Å². The van der Waals surface area contributed by atoms with Crippen LogP contribution in [0.15, 0.2) is 60.9 Å². The fourth-order valence-electron chi connectivity index (χ4n) is 3.26. The summed E-state index contributed by atoms with van der Waals surface area (Å²) in [5.74, 6) is -0.521. The lowest BCUT2D eigenvalue weighted by Crippen LogP contribution is -2.15. The van der Waals surface area contributed by atoms with Gasteiger partial charge in [0.2, 0.25) is 11.7 Å². The first kappa shape index (κ1) is 17.1. The Labute approximate surface area is 155 Å². The van der Waals surface area contributed by atoms with Gasteiger partial charge in [-0.25, -0.2) is 9.37 Å². The SMILES string of the molecule is Cn1ccnc1C(=O)c1ccc(NC(=O)C2CC2c2ccccc2F)cc1. The van der Waals surface area contributed by atoms with Gasteiger partial charge in [-0.2, -0.15) is 0 Å². The maximum absolute atomic E-state index is 13.8. The number of ketones is 1. The number of rotatable bonds is 5. The van der Waals surface area contributed by atoms with Gasteiger partial charge in [0.05, 0.1) is 0 Å². The summed E-state index contributed by atoms with van der Waals surface area (Å²) in [6.07, 6.45) is 3.93. The number of aryl methyl sites for hydroxylation is 1. The van der Waals surface area contributed by atoms with E-state index in [2.05, 4.69) is 10.3 Å². The van der Waals surface area contributed by atoms with Crippen LogP contribution in [0.3, 0.4) is 0 Å². The minimum Gasteiger partial charge on any atom is -0.331 e. The smallest absolute Gasteiger partial charge is 0.228 e. The van der Waals surface area contributed by atoms with E-state index in [0.717, 1.165) is 0 Å². The molecule has 1 heterocycles. The first-order valence-electron chi connectivity index (χ1n) is 8.72. The maximum Gasteiger partial charge on any atom is 0.228 e. The summed E-state index contributed by atoms with van der Waals surface area (Å²) < 4.78 is 15.5. The van der Waals surface area contributed by atoms with Crippen LogP contribution in [0, 0.1) is 11.7 Å². The minimum absolute atomic E-state index is 0.0736. The number of anilines is 1. The van der Waals surface area contributed by atoms with Gasteiger partial charge in [0, 0.05) is 36.6 Å². The van der Waals surface area contributed by atoms with Crippen molar-refractivity contribution in [2.75, 3.05) is 5.32 Å². The highest BCUT2D eigenvalue weighted by Gasteiger charge is 2.45. The summed E-state index contributed by atoms with van der Waals surface area (Å²) in [4.78, 5) is 28.9. The zero-order valence-corrected chi connectivity index (χ0v) is 14.7. The molecule has 1 N–H and O–H groups in total. The van der Waals surface area contributed by atoms with E-state index in [-0.39, 0.29) is 29.3 Å². The van der Waals surface area contributed by atoms with Crippen molar-refractivity contribution >= 4 is 17.4 Å². The number of hydrogen-bond acceptors (Lipinski definition) is 3. The Morgan fingerprint density at radius 3 is 2.56 bits per heavy atom. The molecule has 0 bridgehead atoms. The lowest BCUT2D eigenvalue weighted by atomic mass is 10.1. The highest BCUT2D eigenvalue weighted by molar-refractivity contribution is 6.07. The van der Waals surface area contributed by atoms with Crippen molar-refractivity contribution in [3.63, 3.8) is 0 Å². The summed E-state index contributed by atoms with van der Waals surface area (Å²) in [5.41, 5.74) is 1.70. The van der Waals surface area contributed by atoms with Gasteiger partial charge in [0.15, 0.2) is 5.82 Å². The molecule has 1 saturated carbocycles. The van der Waals surface area contributed by atoms with E-state index in [1.54, 1.807) is 66.5 Å². The van der Waals surface area contributed by atoms with E-state index in [1.165, 1.54) is 6.07 Å². The molecule has 6 heteroatoms. The molecule has 5 nitrogen and oxygen atoms in total. The number of carbonyl (C=O) groups is 2. The van der Waals surface area contributed by atoms with Gasteiger partial charge in [-0.15, -0.1) is 0 Å². The molecule has 27 heavy (non-hydrogen) atoms. The molecule has 1 fully saturated rings. The van der Waals surface area contributed by atoms with Crippen molar-refractivity contribution in [1.29, 1.82) is 0 Å². The second kappa shape index (κ2) is 6.79. The third-order valence-corrected chi connectivity index (χ3v) is 4.87. The van der Waals surface area contributed by atoms with E-state index in [0.29, 0.717) is 29.1 Å². The number of nitrogens with zero attached hydrogens (tertiary/aromatic N) is 2. The van der Waals surface area contributed by atoms with Crippen molar-refractivity contribution in [1.82, 2.24) is 9.55 Å². The summed E-state index contributed by atoms with van der Waals surface area (Å²) in [5, 5.41) is 2.84. The Kier molecular flexibility index (Phi) is 4.32. The predicted octanol–water partition coefficient (Wildman–Crippen LogP) is 3.53. The third kappa shape index (κ3) is 3.38. The number of amides is 1. The van der Waals surface area contributed by atoms with Gasteiger partial charge in [-0.1, -0.05) is 18.2 Å². The molecular weight excluding hydrogens is 345 g/mol. The predicted molar refractivity (Wildman–Crippen MR) is 99.0 cm³/mol. The van der Waals surface area contributed by atoms with Crippen LogP contribution in [0.25, 0.3) is 0 Å². The quantitative estimate of drug-likeness (QED) is 0.706. The first-order chi connectivity index (χ1) is 13.0. The Bertz CT molecular complexity index is 1010. The van der Waals surface area contributed by atoms with E-state index in [9.17, 15) is 14.0 Å². The second-order valence-corrected chi connectivity index (χ2v) is 6.73. The highest BCUT2D eigenvalue weighted by atomic mass is 19.1. The zero-order chi connectivity index (χ0) is 19.0. The Hall–Kier alpha value is -3.28. The van der Waals surface area contributed by atoms with Crippen LogP contribution < -0.4 is 5.32 Å². The van der Waals surface area contributed by atoms with Gasteiger partial charge in [-0.05, 0) is 48.2 Å². The fraction of sp³-hybridized carbons (Fsp3) is 0.190. The van der Waals surface area contributed by atoms with Gasteiger partial charge < -0.3 is 9.88 Å². The molecule has 0 saturated heterocycles. The van der Waals surface area contributed by atoms with Gasteiger partial charge in [0.25, 0.3) is 0 Å². The number of benzene rings is 2. The van der Waals surface area contributed by atoms with Crippen molar-refractivity contribution in [3.05, 3.63) is 83.7 Å². The third-order valence-electron chi connectivity index (χ3n) is 4.87. The standard InChI is InChI=1S/C21H18FN3O2/c1-25-11-10-23-20(25)19(26)13-6-8-14(9-7-13)24-21(27)17-12-16(17)15-4-2-3-5-18(15)22/h2-11,16-17H,12H2,1H3,(H,24,27). The molecule has 1 amide bonds. The molecule has 2 unspecified atom stereocenters. The number of nitrogens with one attached hydrogen (secondary N) is 1. The van der Waals surface area contributed by atoms with E-state index < -0.39 is 0 Å². The minimum atomic E-state index is -0.269. The molecule has 3 aromatic rings. The maximum atomic E-state index is 13.8. The molecule has 1 aromatic heterocycles. The molecule has 2 atom stereocenters. The Morgan fingerprint density at radius 1 is 1.15 bits per heavy atom. The Morgan fingerprint density at radius 2 is 1.89 bits per heavy atom. The molecule has 1 aliphatic carbocycles. The average Bonchev–Trinajstić information content (AvgIpc) is 3.35. The van der Waals surface area contributed by atoms with Gasteiger partial charge >= 0.3 is 0 Å². The van der Waals surface area contributed by atoms with Crippen molar-refractivity contribution in [2.45, 2.75) is 12.3 Å². The van der Waals surface area contributed by atoms with Crippen LogP contribution in [0.5, 0.6) is 0 Å². The first-order valence-corrected chi connectivity index (χ1v) is 8.72. The van der Waals surface area contributed by atoms with Crippen LogP contribution in [-0.4, -0.2) is 21.2 Å². The van der Waals surface area contributed by atoms with Crippen LogP contribution in [-0.2, 0) is 11.8 Å². The van der Waals surface area contributed by atoms with Crippen molar-refractivity contribution in [3.8, 4) is 0 Å². The lowest BCUT2D eigenvalue weighted by molar-refractivity contribution is -0.117. The molecule has 1 aliphatic rings. The van der Waals surface area contributed by atoms with Crippen LogP contribution in [0.2, 0.25) is 0 Å². The van der Waals surface area contributed by atoms with Crippen LogP contribution in [0.1, 0.15) is 34.1 Å². The zero-order valence-electron chi connectivity index (χ0n) is 14.7. The molecule has 2 aromatic carbocycles. The molecule has 0 aliphatic heterocycles. The van der Waals surface area contributed by atoms with Crippen molar-refractivity contribution < 1.29 is 14.0 Å². The largest absolute Gasteiger partial charge is 0.331 e. The van der Waals surface area contributed by atoms with Crippen LogP contribution in [0.4, 0.5) is 10.1 Å². The molecule has 0 spiro atoms.